The minimum atomic E-state index is 0.140. The van der Waals surface area contributed by atoms with Crippen molar-refractivity contribution in [2.45, 2.75) is 33.1 Å². The second kappa shape index (κ2) is 9.47. The van der Waals surface area contributed by atoms with Gasteiger partial charge in [0.15, 0.2) is 0 Å². The molecule has 0 aromatic carbocycles. The molecule has 2 amide bonds. The highest BCUT2D eigenvalue weighted by atomic mass is 16.3. The van der Waals surface area contributed by atoms with Gasteiger partial charge in [-0.1, -0.05) is 13.8 Å². The summed E-state index contributed by atoms with van der Waals surface area (Å²) < 4.78 is 5.26. The molecule has 1 fully saturated rings. The molecule has 1 aromatic rings. The molecule has 0 aliphatic carbocycles. The highest BCUT2D eigenvalue weighted by Crippen LogP contribution is 2.09. The Kier molecular flexibility index (Phi) is 7.31. The summed E-state index contributed by atoms with van der Waals surface area (Å²) in [6.45, 7) is 9.54. The molecule has 0 atom stereocenters. The summed E-state index contributed by atoms with van der Waals surface area (Å²) in [5, 5.41) is 0. The van der Waals surface area contributed by atoms with E-state index in [9.17, 15) is 9.59 Å². The molecule has 6 heteroatoms. The molecule has 1 aromatic heterocycles. The average molecular weight is 335 g/mol. The van der Waals surface area contributed by atoms with Gasteiger partial charge in [0, 0.05) is 52.0 Å². The van der Waals surface area contributed by atoms with Crippen molar-refractivity contribution in [3.05, 3.63) is 24.2 Å². The maximum absolute atomic E-state index is 12.3. The molecule has 0 unspecified atom stereocenters. The normalized spacial score (nSPS) is 15.1. The summed E-state index contributed by atoms with van der Waals surface area (Å²) in [5.74, 6) is 1.18. The van der Waals surface area contributed by atoms with Crippen LogP contribution in [0.1, 0.15) is 32.4 Å². The molecule has 6 nitrogen and oxygen atoms in total. The lowest BCUT2D eigenvalue weighted by Crippen LogP contribution is -2.51. The maximum Gasteiger partial charge on any atom is 0.223 e. The highest BCUT2D eigenvalue weighted by molar-refractivity contribution is 5.78. The molecular weight excluding hydrogens is 306 g/mol. The molecule has 0 bridgehead atoms. The zero-order valence-corrected chi connectivity index (χ0v) is 14.9. The number of nitrogens with zero attached hydrogens (tertiary/aromatic N) is 3. The van der Waals surface area contributed by atoms with Crippen LogP contribution in [0, 0.1) is 0 Å². The maximum atomic E-state index is 12.3. The van der Waals surface area contributed by atoms with Crippen molar-refractivity contribution in [3.8, 4) is 0 Å². The molecule has 134 valence electrons. The van der Waals surface area contributed by atoms with Crippen LogP contribution in [0.25, 0.3) is 0 Å². The fourth-order valence-electron chi connectivity index (χ4n) is 3.00. The van der Waals surface area contributed by atoms with Gasteiger partial charge in [-0.3, -0.25) is 9.59 Å². The van der Waals surface area contributed by atoms with Crippen LogP contribution in [-0.2, 0) is 16.0 Å². The molecule has 0 spiro atoms. The van der Waals surface area contributed by atoms with E-state index in [0.717, 1.165) is 25.4 Å². The van der Waals surface area contributed by atoms with Gasteiger partial charge >= 0.3 is 0 Å². The first-order chi connectivity index (χ1) is 11.6. The van der Waals surface area contributed by atoms with Crippen molar-refractivity contribution < 1.29 is 14.0 Å². The standard InChI is InChI=1S/C18H29N3O3/c1-3-19(4-2)10-9-18(23)21-13-11-20(12-14-21)17(22)8-7-16-6-5-15-24-16/h5-6,15H,3-4,7-14H2,1-2H3. The molecule has 1 aliphatic rings. The molecule has 2 rings (SSSR count). The van der Waals surface area contributed by atoms with Gasteiger partial charge < -0.3 is 19.1 Å². The van der Waals surface area contributed by atoms with Crippen LogP contribution in [0.5, 0.6) is 0 Å². The van der Waals surface area contributed by atoms with Gasteiger partial charge in [-0.25, -0.2) is 0 Å². The van der Waals surface area contributed by atoms with Crippen LogP contribution in [0.3, 0.4) is 0 Å². The predicted molar refractivity (Wildman–Crippen MR) is 92.6 cm³/mol. The van der Waals surface area contributed by atoms with Gasteiger partial charge in [-0.2, -0.15) is 0 Å². The number of carbonyl (C=O) groups is 2. The number of hydrogen-bond acceptors (Lipinski definition) is 4. The Bertz CT molecular complexity index is 504. The summed E-state index contributed by atoms with van der Waals surface area (Å²) in [6.07, 6.45) is 3.29. The van der Waals surface area contributed by atoms with Crippen LogP contribution in [0.4, 0.5) is 0 Å². The van der Waals surface area contributed by atoms with Gasteiger partial charge in [-0.15, -0.1) is 0 Å². The number of rotatable bonds is 8. The largest absolute Gasteiger partial charge is 0.469 e. The Balaban J connectivity index is 1.68. The third-order valence-electron chi connectivity index (χ3n) is 4.69. The zero-order valence-electron chi connectivity index (χ0n) is 14.9. The molecule has 0 N–H and O–H groups in total. The minimum absolute atomic E-state index is 0.140. The number of amides is 2. The number of furan rings is 1. The Morgan fingerprint density at radius 3 is 2.12 bits per heavy atom. The lowest BCUT2D eigenvalue weighted by Gasteiger charge is -2.35. The minimum Gasteiger partial charge on any atom is -0.469 e. The Hall–Kier alpha value is -1.82. The third-order valence-corrected chi connectivity index (χ3v) is 4.69. The second-order valence-corrected chi connectivity index (χ2v) is 6.12. The van der Waals surface area contributed by atoms with Crippen molar-refractivity contribution in [3.63, 3.8) is 0 Å². The molecule has 0 radical (unpaired) electrons. The molecule has 24 heavy (non-hydrogen) atoms. The smallest absolute Gasteiger partial charge is 0.223 e. The molecule has 1 saturated heterocycles. The summed E-state index contributed by atoms with van der Waals surface area (Å²) >= 11 is 0. The van der Waals surface area contributed by atoms with Crippen molar-refractivity contribution >= 4 is 11.8 Å². The summed E-state index contributed by atoms with van der Waals surface area (Å²) in [4.78, 5) is 30.5. The summed E-state index contributed by atoms with van der Waals surface area (Å²) in [5.41, 5.74) is 0. The Morgan fingerprint density at radius 1 is 1.04 bits per heavy atom. The van der Waals surface area contributed by atoms with Gasteiger partial charge in [0.05, 0.1) is 6.26 Å². The second-order valence-electron chi connectivity index (χ2n) is 6.12. The van der Waals surface area contributed by atoms with Crippen LogP contribution < -0.4 is 0 Å². The number of piperazine rings is 1. The predicted octanol–water partition coefficient (Wildman–Crippen LogP) is 1.61. The van der Waals surface area contributed by atoms with Crippen molar-refractivity contribution in [2.24, 2.45) is 0 Å². The average Bonchev–Trinajstić information content (AvgIpc) is 3.14. The number of hydrogen-bond donors (Lipinski definition) is 0. The quantitative estimate of drug-likeness (QED) is 0.724. The monoisotopic (exact) mass is 335 g/mol. The van der Waals surface area contributed by atoms with E-state index in [1.807, 2.05) is 21.9 Å². The van der Waals surface area contributed by atoms with Crippen LogP contribution in [-0.4, -0.2) is 72.3 Å². The fourth-order valence-corrected chi connectivity index (χ4v) is 3.00. The van der Waals surface area contributed by atoms with Crippen LogP contribution in [0.15, 0.2) is 22.8 Å². The van der Waals surface area contributed by atoms with E-state index in [1.54, 1.807) is 6.26 Å². The molecule has 2 heterocycles. The SMILES string of the molecule is CCN(CC)CCC(=O)N1CCN(C(=O)CCc2ccco2)CC1. The Labute approximate surface area is 144 Å². The van der Waals surface area contributed by atoms with Gasteiger partial charge in [0.2, 0.25) is 11.8 Å². The van der Waals surface area contributed by atoms with Crippen molar-refractivity contribution in [2.75, 3.05) is 45.8 Å². The lowest BCUT2D eigenvalue weighted by molar-refractivity contribution is -0.139. The summed E-state index contributed by atoms with van der Waals surface area (Å²) in [6, 6.07) is 3.72. The molecule has 0 saturated carbocycles. The van der Waals surface area contributed by atoms with E-state index in [0.29, 0.717) is 45.4 Å². The number of carbonyl (C=O) groups excluding carboxylic acids is 2. The Morgan fingerprint density at radius 2 is 1.62 bits per heavy atom. The van der Waals surface area contributed by atoms with Crippen molar-refractivity contribution in [1.29, 1.82) is 0 Å². The topological polar surface area (TPSA) is 57.0 Å². The fraction of sp³-hybridized carbons (Fsp3) is 0.667. The first-order valence-electron chi connectivity index (χ1n) is 8.94. The summed E-state index contributed by atoms with van der Waals surface area (Å²) in [7, 11) is 0. The van der Waals surface area contributed by atoms with Gasteiger partial charge in [0.1, 0.15) is 5.76 Å². The lowest BCUT2D eigenvalue weighted by atomic mass is 10.2. The molecular formula is C18H29N3O3. The van der Waals surface area contributed by atoms with Gasteiger partial charge in [0.25, 0.3) is 0 Å². The van der Waals surface area contributed by atoms with Crippen LogP contribution in [0.2, 0.25) is 0 Å². The van der Waals surface area contributed by atoms with E-state index in [-0.39, 0.29) is 11.8 Å². The van der Waals surface area contributed by atoms with E-state index in [4.69, 9.17) is 4.42 Å². The van der Waals surface area contributed by atoms with E-state index >= 15 is 0 Å². The van der Waals surface area contributed by atoms with Gasteiger partial charge in [-0.05, 0) is 25.2 Å². The molecule has 1 aliphatic heterocycles. The van der Waals surface area contributed by atoms with Crippen molar-refractivity contribution in [1.82, 2.24) is 14.7 Å². The van der Waals surface area contributed by atoms with E-state index < -0.39 is 0 Å². The first kappa shape index (κ1) is 18.5. The first-order valence-corrected chi connectivity index (χ1v) is 8.94. The zero-order chi connectivity index (χ0) is 17.4. The van der Waals surface area contributed by atoms with Crippen LogP contribution >= 0.6 is 0 Å². The number of aryl methyl sites for hydroxylation is 1. The third kappa shape index (κ3) is 5.37. The highest BCUT2D eigenvalue weighted by Gasteiger charge is 2.24. The van der Waals surface area contributed by atoms with E-state index in [2.05, 4.69) is 18.7 Å². The van der Waals surface area contributed by atoms with E-state index in [1.165, 1.54) is 0 Å².